The minimum absolute atomic E-state index is 0.208. The lowest BCUT2D eigenvalue weighted by molar-refractivity contribution is 0.00313. The second-order valence-electron chi connectivity index (χ2n) is 2.99. The predicted molar refractivity (Wildman–Crippen MR) is 54.8 cm³/mol. The molecule has 4 heteroatoms. The Hall–Kier alpha value is -0.240. The molecule has 1 atom stereocenters. The van der Waals surface area contributed by atoms with Crippen molar-refractivity contribution in [3.8, 4) is 6.07 Å². The maximum atomic E-state index is 8.67. The normalized spacial score (nSPS) is 24.2. The molecule has 0 aliphatic carbocycles. The standard InChI is InChI=1S/C9H16N2OS/c1-2-13-6-4-11-3-5-12-9(7-10)8-11/h9H,2-6,8H2,1H3. The van der Waals surface area contributed by atoms with Crippen molar-refractivity contribution < 1.29 is 4.74 Å². The van der Waals surface area contributed by atoms with Gasteiger partial charge < -0.3 is 4.74 Å². The summed E-state index contributed by atoms with van der Waals surface area (Å²) in [6.07, 6.45) is -0.208. The molecule has 1 rings (SSSR count). The van der Waals surface area contributed by atoms with Gasteiger partial charge in [-0.05, 0) is 5.75 Å². The lowest BCUT2D eigenvalue weighted by atomic mass is 10.3. The first-order chi connectivity index (χ1) is 6.36. The van der Waals surface area contributed by atoms with Crippen LogP contribution >= 0.6 is 11.8 Å². The van der Waals surface area contributed by atoms with Gasteiger partial charge in [0.25, 0.3) is 0 Å². The van der Waals surface area contributed by atoms with Crippen LogP contribution < -0.4 is 0 Å². The van der Waals surface area contributed by atoms with Crippen LogP contribution in [0.1, 0.15) is 6.92 Å². The van der Waals surface area contributed by atoms with Gasteiger partial charge in [0, 0.05) is 25.4 Å². The molecular weight excluding hydrogens is 184 g/mol. The maximum Gasteiger partial charge on any atom is 0.156 e. The number of hydrogen-bond donors (Lipinski definition) is 0. The summed E-state index contributed by atoms with van der Waals surface area (Å²) < 4.78 is 5.25. The Morgan fingerprint density at radius 2 is 2.54 bits per heavy atom. The molecule has 0 amide bonds. The second kappa shape index (κ2) is 6.25. The Kier molecular flexibility index (Phi) is 5.21. The molecule has 0 spiro atoms. The molecule has 0 aromatic carbocycles. The number of thioether (sulfide) groups is 1. The van der Waals surface area contributed by atoms with Gasteiger partial charge in [0.15, 0.2) is 6.10 Å². The highest BCUT2D eigenvalue weighted by Crippen LogP contribution is 2.06. The van der Waals surface area contributed by atoms with E-state index < -0.39 is 0 Å². The van der Waals surface area contributed by atoms with E-state index in [1.54, 1.807) is 0 Å². The van der Waals surface area contributed by atoms with Gasteiger partial charge in [-0.1, -0.05) is 6.92 Å². The number of morpholine rings is 1. The van der Waals surface area contributed by atoms with Crippen molar-refractivity contribution in [2.24, 2.45) is 0 Å². The predicted octanol–water partition coefficient (Wildman–Crippen LogP) is 0.964. The van der Waals surface area contributed by atoms with E-state index in [9.17, 15) is 0 Å². The SMILES string of the molecule is CCSCCN1CCOC(C#N)C1. The summed E-state index contributed by atoms with van der Waals surface area (Å²) in [6, 6.07) is 2.15. The molecule has 0 bridgehead atoms. The largest absolute Gasteiger partial charge is 0.361 e. The van der Waals surface area contributed by atoms with E-state index in [-0.39, 0.29) is 6.10 Å². The third kappa shape index (κ3) is 3.99. The number of nitrogens with zero attached hydrogens (tertiary/aromatic N) is 2. The molecule has 3 nitrogen and oxygen atoms in total. The van der Waals surface area contributed by atoms with Crippen LogP contribution in [0.25, 0.3) is 0 Å². The van der Waals surface area contributed by atoms with Crippen molar-refractivity contribution in [3.05, 3.63) is 0 Å². The van der Waals surface area contributed by atoms with Crippen molar-refractivity contribution >= 4 is 11.8 Å². The lowest BCUT2D eigenvalue weighted by Crippen LogP contribution is -2.42. The van der Waals surface area contributed by atoms with Crippen LogP contribution in [0.5, 0.6) is 0 Å². The van der Waals surface area contributed by atoms with Crippen LogP contribution in [-0.2, 0) is 4.74 Å². The van der Waals surface area contributed by atoms with E-state index in [1.807, 2.05) is 11.8 Å². The zero-order chi connectivity index (χ0) is 9.52. The smallest absolute Gasteiger partial charge is 0.156 e. The van der Waals surface area contributed by atoms with Crippen LogP contribution in [-0.4, -0.2) is 48.8 Å². The zero-order valence-corrected chi connectivity index (χ0v) is 8.85. The van der Waals surface area contributed by atoms with Gasteiger partial charge in [0.05, 0.1) is 12.7 Å². The Morgan fingerprint density at radius 3 is 3.23 bits per heavy atom. The highest BCUT2D eigenvalue weighted by molar-refractivity contribution is 7.99. The average molecular weight is 200 g/mol. The molecule has 13 heavy (non-hydrogen) atoms. The van der Waals surface area contributed by atoms with Gasteiger partial charge in [-0.2, -0.15) is 17.0 Å². The number of rotatable bonds is 4. The highest BCUT2D eigenvalue weighted by Gasteiger charge is 2.18. The van der Waals surface area contributed by atoms with Crippen molar-refractivity contribution in [3.63, 3.8) is 0 Å². The Labute approximate surface area is 84.0 Å². The van der Waals surface area contributed by atoms with Crippen LogP contribution in [0.3, 0.4) is 0 Å². The van der Waals surface area contributed by atoms with Crippen LogP contribution in [0.4, 0.5) is 0 Å². The monoisotopic (exact) mass is 200 g/mol. The van der Waals surface area contributed by atoms with Crippen molar-refractivity contribution in [1.82, 2.24) is 4.90 Å². The average Bonchev–Trinajstić information content (AvgIpc) is 2.19. The summed E-state index contributed by atoms with van der Waals surface area (Å²) >= 11 is 1.95. The highest BCUT2D eigenvalue weighted by atomic mass is 32.2. The fourth-order valence-corrected chi connectivity index (χ4v) is 2.00. The third-order valence-corrected chi connectivity index (χ3v) is 2.93. The van der Waals surface area contributed by atoms with Crippen molar-refractivity contribution in [2.75, 3.05) is 37.7 Å². The summed E-state index contributed by atoms with van der Waals surface area (Å²) in [5.41, 5.74) is 0. The molecule has 1 aliphatic rings. The van der Waals surface area contributed by atoms with E-state index in [2.05, 4.69) is 17.9 Å². The second-order valence-corrected chi connectivity index (χ2v) is 4.38. The molecule has 1 aliphatic heterocycles. The Bertz CT molecular complexity index is 181. The van der Waals surface area contributed by atoms with Crippen LogP contribution in [0.15, 0.2) is 0 Å². The van der Waals surface area contributed by atoms with Crippen molar-refractivity contribution in [1.29, 1.82) is 5.26 Å². The Morgan fingerprint density at radius 1 is 1.69 bits per heavy atom. The first kappa shape index (κ1) is 10.8. The minimum Gasteiger partial charge on any atom is -0.361 e. The molecular formula is C9H16N2OS. The van der Waals surface area contributed by atoms with Gasteiger partial charge in [-0.25, -0.2) is 0 Å². The molecule has 1 unspecified atom stereocenters. The van der Waals surface area contributed by atoms with Gasteiger partial charge >= 0.3 is 0 Å². The van der Waals surface area contributed by atoms with Gasteiger partial charge in [0.2, 0.25) is 0 Å². The topological polar surface area (TPSA) is 36.3 Å². The number of ether oxygens (including phenoxy) is 1. The first-order valence-corrected chi connectivity index (χ1v) is 5.83. The summed E-state index contributed by atoms with van der Waals surface area (Å²) in [5, 5.41) is 8.67. The van der Waals surface area contributed by atoms with Gasteiger partial charge in [-0.15, -0.1) is 0 Å². The van der Waals surface area contributed by atoms with E-state index in [0.29, 0.717) is 6.61 Å². The van der Waals surface area contributed by atoms with Crippen LogP contribution in [0, 0.1) is 11.3 Å². The van der Waals surface area contributed by atoms with Crippen LogP contribution in [0.2, 0.25) is 0 Å². The fourth-order valence-electron chi connectivity index (χ4n) is 1.32. The molecule has 0 aromatic rings. The molecule has 0 saturated carbocycles. The summed E-state index contributed by atoms with van der Waals surface area (Å²) in [7, 11) is 0. The molecule has 1 saturated heterocycles. The number of nitriles is 1. The molecule has 1 fully saturated rings. The molecule has 0 radical (unpaired) electrons. The quantitative estimate of drug-likeness (QED) is 0.633. The lowest BCUT2D eigenvalue weighted by Gasteiger charge is -2.29. The zero-order valence-electron chi connectivity index (χ0n) is 8.03. The maximum absolute atomic E-state index is 8.67. The molecule has 1 heterocycles. The summed E-state index contributed by atoms with van der Waals surface area (Å²) in [6.45, 7) is 5.71. The first-order valence-electron chi connectivity index (χ1n) is 4.68. The van der Waals surface area contributed by atoms with E-state index in [1.165, 1.54) is 5.75 Å². The van der Waals surface area contributed by atoms with Crippen molar-refractivity contribution in [2.45, 2.75) is 13.0 Å². The Balaban J connectivity index is 2.15. The number of hydrogen-bond acceptors (Lipinski definition) is 4. The van der Waals surface area contributed by atoms with E-state index >= 15 is 0 Å². The summed E-state index contributed by atoms with van der Waals surface area (Å²) in [5.74, 6) is 2.33. The van der Waals surface area contributed by atoms with E-state index in [4.69, 9.17) is 10.00 Å². The molecule has 0 N–H and O–H groups in total. The van der Waals surface area contributed by atoms with E-state index in [0.717, 1.165) is 25.4 Å². The van der Waals surface area contributed by atoms with Gasteiger partial charge in [0.1, 0.15) is 0 Å². The molecule has 0 aromatic heterocycles. The third-order valence-electron chi connectivity index (χ3n) is 2.05. The van der Waals surface area contributed by atoms with Gasteiger partial charge in [-0.3, -0.25) is 4.90 Å². The molecule has 74 valence electrons. The summed E-state index contributed by atoms with van der Waals surface area (Å²) in [4.78, 5) is 2.31. The minimum atomic E-state index is -0.208. The fraction of sp³-hybridized carbons (Fsp3) is 0.889.